The van der Waals surface area contributed by atoms with Crippen molar-refractivity contribution in [1.29, 1.82) is 0 Å². The van der Waals surface area contributed by atoms with E-state index in [1.165, 1.54) is 6.07 Å². The highest BCUT2D eigenvalue weighted by Crippen LogP contribution is 2.37. The third-order valence-electron chi connectivity index (χ3n) is 4.21. The molecule has 0 radical (unpaired) electrons. The van der Waals surface area contributed by atoms with E-state index < -0.39 is 10.8 Å². The molecule has 21 heavy (non-hydrogen) atoms. The highest BCUT2D eigenvalue weighted by Gasteiger charge is 2.29. The molecule has 0 amide bonds. The van der Waals surface area contributed by atoms with Gasteiger partial charge < -0.3 is 4.52 Å². The summed E-state index contributed by atoms with van der Waals surface area (Å²) < 4.78 is 31.4. The topological polar surface area (TPSA) is 43.1 Å². The van der Waals surface area contributed by atoms with Crippen molar-refractivity contribution in [2.75, 3.05) is 5.75 Å². The molecule has 0 N–H and O–H groups in total. The number of hydrogen-bond acceptors (Lipinski definition) is 3. The smallest absolute Gasteiger partial charge is 0.137 e. The van der Waals surface area contributed by atoms with Crippen LogP contribution in [0.5, 0.6) is 0 Å². The number of hydrogen-bond donors (Lipinski definition) is 0. The maximum absolute atomic E-state index is 13.7. The van der Waals surface area contributed by atoms with Gasteiger partial charge in [-0.15, -0.1) is 0 Å². The molecule has 0 saturated carbocycles. The Morgan fingerprint density at radius 1 is 1.43 bits per heavy atom. The lowest BCUT2D eigenvalue weighted by Gasteiger charge is -2.11. The fraction of sp³-hybridized carbons (Fsp3) is 0.438. The molecular weight excluding hydrogens is 289 g/mol. The number of aromatic nitrogens is 1. The van der Waals surface area contributed by atoms with Crippen LogP contribution in [-0.4, -0.2) is 15.1 Å². The summed E-state index contributed by atoms with van der Waals surface area (Å²) in [6.07, 6.45) is 2.14. The quantitative estimate of drug-likeness (QED) is 0.869. The molecule has 0 saturated heterocycles. The van der Waals surface area contributed by atoms with Gasteiger partial charge in [-0.3, -0.25) is 4.21 Å². The van der Waals surface area contributed by atoms with Gasteiger partial charge in [0.05, 0.1) is 10.9 Å². The van der Waals surface area contributed by atoms with Crippen molar-refractivity contribution in [3.63, 3.8) is 0 Å². The summed E-state index contributed by atoms with van der Waals surface area (Å²) in [5, 5.41) is 3.87. The minimum absolute atomic E-state index is 0.0452. The number of rotatable bonds is 4. The van der Waals surface area contributed by atoms with Gasteiger partial charge in [0.2, 0.25) is 0 Å². The van der Waals surface area contributed by atoms with Crippen molar-refractivity contribution in [1.82, 2.24) is 5.16 Å². The molecule has 0 fully saturated rings. The van der Waals surface area contributed by atoms with E-state index in [2.05, 4.69) is 5.16 Å². The van der Waals surface area contributed by atoms with Gasteiger partial charge in [0.25, 0.3) is 0 Å². The second kappa shape index (κ2) is 5.72. The molecule has 1 aromatic heterocycles. The second-order valence-corrected chi connectivity index (χ2v) is 7.21. The maximum Gasteiger partial charge on any atom is 0.137 e. The number of fused-ring (bicyclic) bond motifs is 1. The van der Waals surface area contributed by atoms with E-state index in [-0.39, 0.29) is 11.1 Å². The summed E-state index contributed by atoms with van der Waals surface area (Å²) in [5.74, 6) is 1.18. The number of halogens is 1. The van der Waals surface area contributed by atoms with Crippen LogP contribution >= 0.6 is 0 Å². The fourth-order valence-corrected chi connectivity index (χ4v) is 4.62. The largest absolute Gasteiger partial charge is 0.361 e. The van der Waals surface area contributed by atoms with Gasteiger partial charge >= 0.3 is 0 Å². The van der Waals surface area contributed by atoms with Gasteiger partial charge in [-0.1, -0.05) is 17.3 Å². The van der Waals surface area contributed by atoms with Gasteiger partial charge in [0, 0.05) is 22.1 Å². The second-order valence-electron chi connectivity index (χ2n) is 5.47. The van der Waals surface area contributed by atoms with Crippen LogP contribution in [0.2, 0.25) is 0 Å². The molecule has 3 nitrogen and oxygen atoms in total. The fourth-order valence-electron chi connectivity index (χ4n) is 3.05. The van der Waals surface area contributed by atoms with E-state index in [0.717, 1.165) is 34.6 Å². The van der Waals surface area contributed by atoms with Crippen LogP contribution in [0.4, 0.5) is 4.39 Å². The van der Waals surface area contributed by atoms with Gasteiger partial charge in [-0.2, -0.15) is 0 Å². The third kappa shape index (κ3) is 2.67. The Kier molecular flexibility index (Phi) is 3.93. The minimum Gasteiger partial charge on any atom is -0.361 e. The van der Waals surface area contributed by atoms with Crippen molar-refractivity contribution < 1.29 is 13.1 Å². The van der Waals surface area contributed by atoms with Crippen LogP contribution in [-0.2, 0) is 23.6 Å². The molecule has 1 aromatic carbocycles. The van der Waals surface area contributed by atoms with E-state index in [1.54, 1.807) is 6.07 Å². The van der Waals surface area contributed by atoms with Crippen molar-refractivity contribution in [3.05, 3.63) is 52.2 Å². The maximum atomic E-state index is 13.7. The molecule has 0 spiro atoms. The molecule has 1 aliphatic rings. The standard InChI is InChI=1S/C16H18FNO2S/c1-10-12(11(2)20-18-10)8-9-21(19)16-7-6-13-14(16)4-3-5-15(13)17/h3-5,16H,6-9H2,1-2H3/t16-,21-/m1/s1. The lowest BCUT2D eigenvalue weighted by molar-refractivity contribution is 0.392. The molecule has 0 aliphatic heterocycles. The first-order valence-electron chi connectivity index (χ1n) is 7.14. The molecule has 1 heterocycles. The monoisotopic (exact) mass is 307 g/mol. The van der Waals surface area contributed by atoms with E-state index in [1.807, 2.05) is 19.9 Å². The molecule has 0 unspecified atom stereocenters. The summed E-state index contributed by atoms with van der Waals surface area (Å²) in [6.45, 7) is 3.77. The Morgan fingerprint density at radius 2 is 2.24 bits per heavy atom. The Labute approximate surface area is 126 Å². The molecule has 112 valence electrons. The summed E-state index contributed by atoms with van der Waals surface area (Å²) in [4.78, 5) is 0. The summed E-state index contributed by atoms with van der Waals surface area (Å²) >= 11 is 0. The zero-order valence-corrected chi connectivity index (χ0v) is 13.0. The van der Waals surface area contributed by atoms with Crippen molar-refractivity contribution >= 4 is 10.8 Å². The third-order valence-corrected chi connectivity index (χ3v) is 5.94. The highest BCUT2D eigenvalue weighted by atomic mass is 32.2. The predicted molar refractivity (Wildman–Crippen MR) is 80.2 cm³/mol. The number of nitrogens with zero attached hydrogens (tertiary/aromatic N) is 1. The first-order chi connectivity index (χ1) is 10.1. The molecule has 1 aliphatic carbocycles. The average Bonchev–Trinajstić information content (AvgIpc) is 3.02. The lowest BCUT2D eigenvalue weighted by Crippen LogP contribution is -2.10. The summed E-state index contributed by atoms with van der Waals surface area (Å²) in [7, 11) is -1.00. The number of aryl methyl sites for hydroxylation is 2. The zero-order chi connectivity index (χ0) is 15.0. The number of benzene rings is 1. The van der Waals surface area contributed by atoms with Crippen molar-refractivity contribution in [2.45, 2.75) is 38.4 Å². The van der Waals surface area contributed by atoms with Gasteiger partial charge in [0.1, 0.15) is 11.6 Å². The van der Waals surface area contributed by atoms with Crippen LogP contribution in [0, 0.1) is 19.7 Å². The molecule has 3 rings (SSSR count). The summed E-state index contributed by atoms with van der Waals surface area (Å²) in [6, 6.07) is 5.09. The van der Waals surface area contributed by atoms with Crippen molar-refractivity contribution in [3.8, 4) is 0 Å². The molecule has 2 aromatic rings. The Balaban J connectivity index is 1.72. The van der Waals surface area contributed by atoms with Gasteiger partial charge in [0.15, 0.2) is 0 Å². The Morgan fingerprint density at radius 3 is 2.95 bits per heavy atom. The predicted octanol–water partition coefficient (Wildman–Crippen LogP) is 3.41. The average molecular weight is 307 g/mol. The van der Waals surface area contributed by atoms with E-state index in [4.69, 9.17) is 4.52 Å². The molecule has 0 bridgehead atoms. The van der Waals surface area contributed by atoms with E-state index >= 15 is 0 Å². The van der Waals surface area contributed by atoms with Crippen LogP contribution in [0.3, 0.4) is 0 Å². The van der Waals surface area contributed by atoms with Crippen LogP contribution in [0.25, 0.3) is 0 Å². The summed E-state index contributed by atoms with van der Waals surface area (Å²) in [5.41, 5.74) is 3.57. The first kappa shape index (κ1) is 14.4. The molecular formula is C16H18FNO2S. The lowest BCUT2D eigenvalue weighted by atomic mass is 10.1. The van der Waals surface area contributed by atoms with E-state index in [9.17, 15) is 8.60 Å². The van der Waals surface area contributed by atoms with Gasteiger partial charge in [-0.05, 0) is 50.3 Å². The minimum atomic E-state index is -1.00. The van der Waals surface area contributed by atoms with Gasteiger partial charge in [-0.25, -0.2) is 4.39 Å². The van der Waals surface area contributed by atoms with Crippen LogP contribution in [0.15, 0.2) is 22.7 Å². The SMILES string of the molecule is Cc1noc(C)c1CC[S@@](=O)[C@@H]1CCc2c(F)cccc21. The van der Waals surface area contributed by atoms with Crippen LogP contribution < -0.4 is 0 Å². The molecule has 5 heteroatoms. The Hall–Kier alpha value is -1.49. The highest BCUT2D eigenvalue weighted by molar-refractivity contribution is 7.85. The van der Waals surface area contributed by atoms with Crippen LogP contribution in [0.1, 0.15) is 39.8 Å². The molecule has 2 atom stereocenters. The zero-order valence-electron chi connectivity index (χ0n) is 12.2. The normalized spacial score (nSPS) is 18.7. The first-order valence-corrected chi connectivity index (χ1v) is 8.52. The Bertz CT molecular complexity index is 676. The van der Waals surface area contributed by atoms with E-state index in [0.29, 0.717) is 18.6 Å². The van der Waals surface area contributed by atoms with Crippen molar-refractivity contribution in [2.24, 2.45) is 0 Å².